The normalized spacial score (nSPS) is 24.0. The molecule has 0 amide bonds. The molecule has 23 heavy (non-hydrogen) atoms. The molecule has 124 valence electrons. The maximum absolute atomic E-state index is 12.6. The molecule has 0 spiro atoms. The van der Waals surface area contributed by atoms with Crippen LogP contribution < -0.4 is 0 Å². The highest BCUT2D eigenvalue weighted by molar-refractivity contribution is 6.08. The molecule has 1 aromatic carbocycles. The molecule has 0 radical (unpaired) electrons. The van der Waals surface area contributed by atoms with Crippen LogP contribution in [0.2, 0.25) is 0 Å². The zero-order chi connectivity index (χ0) is 17.3. The molecule has 5 heteroatoms. The maximum atomic E-state index is 12.6. The van der Waals surface area contributed by atoms with Gasteiger partial charge in [-0.05, 0) is 33.3 Å². The summed E-state index contributed by atoms with van der Waals surface area (Å²) >= 11 is 0. The number of aliphatic imine (C=N–C) groups is 1. The summed E-state index contributed by atoms with van der Waals surface area (Å²) in [6.45, 7) is 7.03. The van der Waals surface area contributed by atoms with Crippen molar-refractivity contribution >= 4 is 17.7 Å². The summed E-state index contributed by atoms with van der Waals surface area (Å²) < 4.78 is 10.4. The minimum atomic E-state index is -1.26. The number of benzene rings is 1. The SMILES string of the molecule is COC(=O)[C@@]1(C)N=C(c2ccccc2)C[C@@H]1C(=O)OC(C)(C)C. The molecule has 1 heterocycles. The van der Waals surface area contributed by atoms with E-state index >= 15 is 0 Å². The molecule has 1 aliphatic rings. The third-order valence-corrected chi connectivity index (χ3v) is 3.84. The highest BCUT2D eigenvalue weighted by Gasteiger charge is 2.52. The average molecular weight is 317 g/mol. The average Bonchev–Trinajstić information content (AvgIpc) is 2.85. The molecule has 0 fully saturated rings. The van der Waals surface area contributed by atoms with E-state index in [0.717, 1.165) is 5.56 Å². The van der Waals surface area contributed by atoms with Crippen LogP contribution in [0, 0.1) is 5.92 Å². The van der Waals surface area contributed by atoms with E-state index in [2.05, 4.69) is 4.99 Å². The summed E-state index contributed by atoms with van der Waals surface area (Å²) in [4.78, 5) is 29.4. The van der Waals surface area contributed by atoms with E-state index in [4.69, 9.17) is 9.47 Å². The van der Waals surface area contributed by atoms with Crippen LogP contribution in [0.25, 0.3) is 0 Å². The van der Waals surface area contributed by atoms with Gasteiger partial charge < -0.3 is 9.47 Å². The zero-order valence-electron chi connectivity index (χ0n) is 14.3. The highest BCUT2D eigenvalue weighted by Crippen LogP contribution is 2.37. The quantitative estimate of drug-likeness (QED) is 0.804. The number of carbonyl (C=O) groups excluding carboxylic acids is 2. The standard InChI is InChI=1S/C18H23NO4/c1-17(2,3)23-15(20)13-11-14(12-9-7-6-8-10-12)19-18(13,4)16(21)22-5/h6-10,13H,11H2,1-5H3/t13-,18+/m1/s1. The van der Waals surface area contributed by atoms with Crippen molar-refractivity contribution in [3.05, 3.63) is 35.9 Å². The van der Waals surface area contributed by atoms with Crippen LogP contribution in [0.4, 0.5) is 0 Å². The predicted octanol–water partition coefficient (Wildman–Crippen LogP) is 2.77. The van der Waals surface area contributed by atoms with Gasteiger partial charge in [0.25, 0.3) is 0 Å². The van der Waals surface area contributed by atoms with E-state index in [-0.39, 0.29) is 0 Å². The third-order valence-electron chi connectivity index (χ3n) is 3.84. The Hall–Kier alpha value is -2.17. The van der Waals surface area contributed by atoms with Gasteiger partial charge in [0.05, 0.1) is 13.0 Å². The summed E-state index contributed by atoms with van der Waals surface area (Å²) in [6, 6.07) is 9.52. The predicted molar refractivity (Wildman–Crippen MR) is 87.4 cm³/mol. The Morgan fingerprint density at radius 2 is 1.83 bits per heavy atom. The number of carbonyl (C=O) groups is 2. The van der Waals surface area contributed by atoms with Gasteiger partial charge in [0.15, 0.2) is 5.54 Å². The molecule has 2 rings (SSSR count). The maximum Gasteiger partial charge on any atom is 0.334 e. The van der Waals surface area contributed by atoms with Crippen molar-refractivity contribution in [1.29, 1.82) is 0 Å². The zero-order valence-corrected chi connectivity index (χ0v) is 14.3. The van der Waals surface area contributed by atoms with Crippen molar-refractivity contribution < 1.29 is 19.1 Å². The molecule has 2 atom stereocenters. The Bertz CT molecular complexity index is 630. The molecule has 0 unspecified atom stereocenters. The number of esters is 2. The van der Waals surface area contributed by atoms with Gasteiger partial charge in [0.1, 0.15) is 5.60 Å². The van der Waals surface area contributed by atoms with E-state index in [1.54, 1.807) is 27.7 Å². The van der Waals surface area contributed by atoms with Crippen molar-refractivity contribution in [3.63, 3.8) is 0 Å². The van der Waals surface area contributed by atoms with Crippen LogP contribution in [0.3, 0.4) is 0 Å². The van der Waals surface area contributed by atoms with E-state index in [1.807, 2.05) is 30.3 Å². The van der Waals surface area contributed by atoms with Gasteiger partial charge in [-0.25, -0.2) is 4.79 Å². The molecule has 0 N–H and O–H groups in total. The van der Waals surface area contributed by atoms with Gasteiger partial charge in [-0.3, -0.25) is 9.79 Å². The summed E-state index contributed by atoms with van der Waals surface area (Å²) in [6.07, 6.45) is 0.352. The Kier molecular flexibility index (Phi) is 4.59. The van der Waals surface area contributed by atoms with Crippen LogP contribution in [0.1, 0.15) is 39.7 Å². The lowest BCUT2D eigenvalue weighted by Gasteiger charge is -2.28. The molecule has 0 saturated carbocycles. The summed E-state index contributed by atoms with van der Waals surface area (Å²) in [5.41, 5.74) is -0.269. The summed E-state index contributed by atoms with van der Waals surface area (Å²) in [5, 5.41) is 0. The first-order valence-corrected chi connectivity index (χ1v) is 7.63. The van der Waals surface area contributed by atoms with Crippen molar-refractivity contribution in [2.24, 2.45) is 10.9 Å². The van der Waals surface area contributed by atoms with Gasteiger partial charge >= 0.3 is 11.9 Å². The first-order valence-electron chi connectivity index (χ1n) is 7.63. The van der Waals surface area contributed by atoms with Gasteiger partial charge in [-0.2, -0.15) is 0 Å². The lowest BCUT2D eigenvalue weighted by molar-refractivity contribution is -0.167. The van der Waals surface area contributed by atoms with Gasteiger partial charge in [0, 0.05) is 12.1 Å². The van der Waals surface area contributed by atoms with Gasteiger partial charge in [0.2, 0.25) is 0 Å². The Labute approximate surface area is 136 Å². The van der Waals surface area contributed by atoms with Crippen molar-refractivity contribution in [2.45, 2.75) is 45.3 Å². The number of methoxy groups -OCH3 is 1. The Balaban J connectivity index is 2.36. The second-order valence-corrected chi connectivity index (χ2v) is 6.85. The lowest BCUT2D eigenvalue weighted by Crippen LogP contribution is -2.45. The minimum absolute atomic E-state index is 0.352. The van der Waals surface area contributed by atoms with Crippen molar-refractivity contribution in [1.82, 2.24) is 0 Å². The molecular formula is C18H23NO4. The monoisotopic (exact) mass is 317 g/mol. The van der Waals surface area contributed by atoms with Crippen molar-refractivity contribution in [2.75, 3.05) is 7.11 Å². The largest absolute Gasteiger partial charge is 0.467 e. The third kappa shape index (κ3) is 3.60. The summed E-state index contributed by atoms with van der Waals surface area (Å²) in [5.74, 6) is -1.65. The van der Waals surface area contributed by atoms with E-state index in [1.165, 1.54) is 7.11 Å². The van der Waals surface area contributed by atoms with Crippen LogP contribution >= 0.6 is 0 Å². The summed E-state index contributed by atoms with van der Waals surface area (Å²) in [7, 11) is 1.30. The second kappa shape index (κ2) is 6.14. The number of rotatable bonds is 3. The molecule has 0 saturated heterocycles. The minimum Gasteiger partial charge on any atom is -0.467 e. The van der Waals surface area contributed by atoms with Gasteiger partial charge in [-0.1, -0.05) is 30.3 Å². The Morgan fingerprint density at radius 3 is 2.35 bits per heavy atom. The molecule has 0 bridgehead atoms. The molecule has 1 aliphatic heterocycles. The first-order chi connectivity index (χ1) is 10.7. The lowest BCUT2D eigenvalue weighted by atomic mass is 9.85. The van der Waals surface area contributed by atoms with Crippen molar-refractivity contribution in [3.8, 4) is 0 Å². The van der Waals surface area contributed by atoms with E-state index < -0.39 is 29.0 Å². The highest BCUT2D eigenvalue weighted by atomic mass is 16.6. The fourth-order valence-corrected chi connectivity index (χ4v) is 2.69. The fraction of sp³-hybridized carbons (Fsp3) is 0.500. The molecule has 5 nitrogen and oxygen atoms in total. The first kappa shape index (κ1) is 17.2. The van der Waals surface area contributed by atoms with Crippen LogP contribution in [0.15, 0.2) is 35.3 Å². The van der Waals surface area contributed by atoms with Crippen LogP contribution in [-0.2, 0) is 19.1 Å². The molecule has 0 aliphatic carbocycles. The van der Waals surface area contributed by atoms with E-state index in [9.17, 15) is 9.59 Å². The van der Waals surface area contributed by atoms with Gasteiger partial charge in [-0.15, -0.1) is 0 Å². The van der Waals surface area contributed by atoms with E-state index in [0.29, 0.717) is 12.1 Å². The smallest absolute Gasteiger partial charge is 0.334 e. The molecule has 1 aromatic rings. The second-order valence-electron chi connectivity index (χ2n) is 6.85. The topological polar surface area (TPSA) is 65.0 Å². The number of ether oxygens (including phenoxy) is 2. The number of hydrogen-bond donors (Lipinski definition) is 0. The van der Waals surface area contributed by atoms with Crippen LogP contribution in [0.5, 0.6) is 0 Å². The number of hydrogen-bond acceptors (Lipinski definition) is 5. The molecular weight excluding hydrogens is 294 g/mol. The Morgan fingerprint density at radius 1 is 1.22 bits per heavy atom. The molecule has 0 aromatic heterocycles. The number of nitrogens with zero attached hydrogens (tertiary/aromatic N) is 1. The fourth-order valence-electron chi connectivity index (χ4n) is 2.69. The van der Waals surface area contributed by atoms with Crippen LogP contribution in [-0.4, -0.2) is 35.9 Å².